The highest BCUT2D eigenvalue weighted by Gasteiger charge is 2.16. The van der Waals surface area contributed by atoms with Crippen molar-refractivity contribution < 1.29 is 4.39 Å². The summed E-state index contributed by atoms with van der Waals surface area (Å²) >= 11 is 0. The molecule has 0 spiro atoms. The van der Waals surface area contributed by atoms with Crippen LogP contribution in [0.25, 0.3) is 27.9 Å². The number of aromatic nitrogens is 6. The fourth-order valence-corrected chi connectivity index (χ4v) is 2.63. The monoisotopic (exact) mass is 339 g/mol. The summed E-state index contributed by atoms with van der Waals surface area (Å²) in [4.78, 5) is 16.1. The van der Waals surface area contributed by atoms with Gasteiger partial charge in [0.1, 0.15) is 11.3 Å². The lowest BCUT2D eigenvalue weighted by Gasteiger charge is -2.14. The maximum absolute atomic E-state index is 13.6. The maximum Gasteiger partial charge on any atom is 0.224 e. The minimum atomic E-state index is -1.33. The average Bonchev–Trinajstić information content (AvgIpc) is 3.15. The molecule has 25 heavy (non-hydrogen) atoms. The molecule has 0 radical (unpaired) electrons. The van der Waals surface area contributed by atoms with Gasteiger partial charge in [-0.2, -0.15) is 10.1 Å². The van der Waals surface area contributed by atoms with E-state index in [4.69, 9.17) is 0 Å². The van der Waals surface area contributed by atoms with E-state index in [2.05, 4.69) is 30.4 Å². The first kappa shape index (κ1) is 15.5. The van der Waals surface area contributed by atoms with Crippen molar-refractivity contribution in [3.05, 3.63) is 36.4 Å². The molecular weight excluding hydrogens is 321 g/mol. The number of H-pyrrole nitrogens is 1. The van der Waals surface area contributed by atoms with Gasteiger partial charge in [0.05, 0.1) is 24.1 Å². The number of nitrogens with zero attached hydrogens (tertiary/aromatic N) is 5. The highest BCUT2D eigenvalue weighted by molar-refractivity contribution is 5.92. The number of alkyl halides is 1. The lowest BCUT2D eigenvalue weighted by Crippen LogP contribution is -2.25. The van der Waals surface area contributed by atoms with E-state index in [1.807, 2.05) is 25.3 Å². The Morgan fingerprint density at radius 2 is 2.08 bits per heavy atom. The van der Waals surface area contributed by atoms with Gasteiger partial charge >= 0.3 is 0 Å². The van der Waals surface area contributed by atoms with E-state index in [1.54, 1.807) is 16.9 Å². The van der Waals surface area contributed by atoms with Crippen molar-refractivity contribution in [3.63, 3.8) is 0 Å². The first-order chi connectivity index (χ1) is 11.9. The summed E-state index contributed by atoms with van der Waals surface area (Å²) in [5.41, 5.74) is 2.82. The number of hydrogen-bond acceptors (Lipinski definition) is 5. The fraction of sp³-hybridized carbons (Fsp3) is 0.294. The van der Waals surface area contributed by atoms with E-state index in [-0.39, 0.29) is 6.54 Å². The second-order valence-electron chi connectivity index (χ2n) is 6.62. The maximum atomic E-state index is 13.6. The standard InChI is InChI=1S/C17H18FN7/c1-10-6-19-14-5-4-13(24-25(10)14)11-7-20-15-12(11)8-21-16(23-15)22-9-17(2,3)18/h4-8H,9H2,1-3H3,(H2,20,21,22,23). The molecule has 0 bridgehead atoms. The summed E-state index contributed by atoms with van der Waals surface area (Å²) in [6.45, 7) is 5.11. The third kappa shape index (κ3) is 2.90. The quantitative estimate of drug-likeness (QED) is 0.597. The van der Waals surface area contributed by atoms with Crippen molar-refractivity contribution in [2.75, 3.05) is 11.9 Å². The molecule has 4 aromatic rings. The zero-order valence-electron chi connectivity index (χ0n) is 14.2. The Hall–Kier alpha value is -3.03. The van der Waals surface area contributed by atoms with E-state index in [0.29, 0.717) is 11.6 Å². The minimum absolute atomic E-state index is 0.143. The Labute approximate surface area is 143 Å². The summed E-state index contributed by atoms with van der Waals surface area (Å²) in [6, 6.07) is 3.84. The number of imidazole rings is 1. The van der Waals surface area contributed by atoms with Crippen molar-refractivity contribution in [2.24, 2.45) is 0 Å². The molecule has 8 heteroatoms. The van der Waals surface area contributed by atoms with E-state index in [0.717, 1.165) is 28.0 Å². The van der Waals surface area contributed by atoms with Crippen molar-refractivity contribution >= 4 is 22.6 Å². The first-order valence-electron chi connectivity index (χ1n) is 7.99. The summed E-state index contributed by atoms with van der Waals surface area (Å²) in [5.74, 6) is 0.389. The van der Waals surface area contributed by atoms with Gasteiger partial charge in [-0.3, -0.25) is 0 Å². The lowest BCUT2D eigenvalue weighted by molar-refractivity contribution is 0.234. The van der Waals surface area contributed by atoms with Gasteiger partial charge < -0.3 is 10.3 Å². The smallest absolute Gasteiger partial charge is 0.224 e. The van der Waals surface area contributed by atoms with Crippen molar-refractivity contribution in [2.45, 2.75) is 26.4 Å². The number of aryl methyl sites for hydroxylation is 1. The Balaban J connectivity index is 1.71. The molecule has 0 unspecified atom stereocenters. The van der Waals surface area contributed by atoms with Crippen LogP contribution in [0, 0.1) is 6.92 Å². The van der Waals surface area contributed by atoms with Gasteiger partial charge in [-0.1, -0.05) is 0 Å². The molecule has 128 valence electrons. The molecule has 2 N–H and O–H groups in total. The van der Waals surface area contributed by atoms with Crippen LogP contribution in [-0.4, -0.2) is 41.8 Å². The molecule has 7 nitrogen and oxygen atoms in total. The van der Waals surface area contributed by atoms with Crippen LogP contribution in [0.1, 0.15) is 19.5 Å². The van der Waals surface area contributed by atoms with Crippen LogP contribution < -0.4 is 5.32 Å². The van der Waals surface area contributed by atoms with Crippen LogP contribution in [0.5, 0.6) is 0 Å². The number of aromatic amines is 1. The predicted octanol–water partition coefficient (Wildman–Crippen LogP) is 3.14. The zero-order chi connectivity index (χ0) is 17.6. The Bertz CT molecular complexity index is 1060. The molecule has 0 saturated heterocycles. The average molecular weight is 339 g/mol. The number of anilines is 1. The molecule has 0 amide bonds. The first-order valence-corrected chi connectivity index (χ1v) is 7.99. The van der Waals surface area contributed by atoms with Crippen molar-refractivity contribution in [3.8, 4) is 11.3 Å². The van der Waals surface area contributed by atoms with E-state index in [9.17, 15) is 4.39 Å². The number of hydrogen-bond donors (Lipinski definition) is 2. The number of halogens is 1. The highest BCUT2D eigenvalue weighted by Crippen LogP contribution is 2.26. The third-order valence-corrected chi connectivity index (χ3v) is 3.91. The van der Waals surface area contributed by atoms with E-state index >= 15 is 0 Å². The highest BCUT2D eigenvalue weighted by atomic mass is 19.1. The number of fused-ring (bicyclic) bond motifs is 2. The van der Waals surface area contributed by atoms with Crippen LogP contribution in [0.15, 0.2) is 30.7 Å². The van der Waals surface area contributed by atoms with Gasteiger partial charge in [0.15, 0.2) is 5.65 Å². The van der Waals surface area contributed by atoms with Crippen LogP contribution in [-0.2, 0) is 0 Å². The molecule has 0 aliphatic heterocycles. The fourth-order valence-electron chi connectivity index (χ4n) is 2.63. The normalized spacial score (nSPS) is 12.2. The van der Waals surface area contributed by atoms with E-state index < -0.39 is 5.67 Å². The summed E-state index contributed by atoms with van der Waals surface area (Å²) < 4.78 is 15.4. The van der Waals surface area contributed by atoms with Gasteiger partial charge in [-0.25, -0.2) is 18.9 Å². The van der Waals surface area contributed by atoms with E-state index in [1.165, 1.54) is 13.8 Å². The Morgan fingerprint density at radius 1 is 1.24 bits per heavy atom. The van der Waals surface area contributed by atoms with Gasteiger partial charge in [0.25, 0.3) is 0 Å². The van der Waals surface area contributed by atoms with Crippen LogP contribution in [0.4, 0.5) is 10.3 Å². The lowest BCUT2D eigenvalue weighted by atomic mass is 10.2. The second kappa shape index (κ2) is 5.51. The van der Waals surface area contributed by atoms with Gasteiger partial charge in [0, 0.05) is 23.3 Å². The largest absolute Gasteiger partial charge is 0.351 e. The summed E-state index contributed by atoms with van der Waals surface area (Å²) in [5, 5.41) is 8.40. The van der Waals surface area contributed by atoms with Crippen LogP contribution in [0.2, 0.25) is 0 Å². The zero-order valence-corrected chi connectivity index (χ0v) is 14.2. The van der Waals surface area contributed by atoms with Crippen LogP contribution >= 0.6 is 0 Å². The summed E-state index contributed by atoms with van der Waals surface area (Å²) in [6.07, 6.45) is 5.35. The number of rotatable bonds is 4. The molecule has 0 aliphatic carbocycles. The molecule has 4 heterocycles. The van der Waals surface area contributed by atoms with Gasteiger partial charge in [-0.15, -0.1) is 0 Å². The van der Waals surface area contributed by atoms with Gasteiger partial charge in [0.2, 0.25) is 5.95 Å². The minimum Gasteiger partial charge on any atom is -0.351 e. The summed E-state index contributed by atoms with van der Waals surface area (Å²) in [7, 11) is 0. The SMILES string of the molecule is Cc1cnc2ccc(-c3c[nH]c4nc(NCC(C)(C)F)ncc34)nn12. The number of nitrogens with one attached hydrogen (secondary N) is 2. The molecule has 0 aromatic carbocycles. The molecule has 0 saturated carbocycles. The Kier molecular flexibility index (Phi) is 3.41. The van der Waals surface area contributed by atoms with Crippen LogP contribution in [0.3, 0.4) is 0 Å². The second-order valence-corrected chi connectivity index (χ2v) is 6.62. The van der Waals surface area contributed by atoms with Crippen molar-refractivity contribution in [1.29, 1.82) is 0 Å². The predicted molar refractivity (Wildman–Crippen MR) is 94.3 cm³/mol. The third-order valence-electron chi connectivity index (χ3n) is 3.91. The molecule has 0 aliphatic rings. The molecule has 4 aromatic heterocycles. The topological polar surface area (TPSA) is 83.8 Å². The van der Waals surface area contributed by atoms with Gasteiger partial charge in [-0.05, 0) is 32.9 Å². The molecule has 0 fully saturated rings. The molecule has 0 atom stereocenters. The molecule has 4 rings (SSSR count). The molecular formula is C17H18FN7. The Morgan fingerprint density at radius 3 is 2.88 bits per heavy atom. The van der Waals surface area contributed by atoms with Crippen molar-refractivity contribution in [1.82, 2.24) is 29.5 Å².